The van der Waals surface area contributed by atoms with E-state index in [-0.39, 0.29) is 11.9 Å². The van der Waals surface area contributed by atoms with Gasteiger partial charge in [-0.05, 0) is 31.5 Å². The Morgan fingerprint density at radius 1 is 1.19 bits per heavy atom. The first-order valence-electron chi connectivity index (χ1n) is 9.26. The van der Waals surface area contributed by atoms with Crippen molar-refractivity contribution < 1.29 is 14.0 Å². The maximum absolute atomic E-state index is 13.4. The van der Waals surface area contributed by atoms with Gasteiger partial charge in [0.15, 0.2) is 0 Å². The van der Waals surface area contributed by atoms with E-state index in [1.54, 1.807) is 17.7 Å². The third-order valence-corrected chi connectivity index (χ3v) is 6.45. The minimum Gasteiger partial charge on any atom is -0.370 e. The van der Waals surface area contributed by atoms with E-state index < -0.39 is 0 Å². The van der Waals surface area contributed by atoms with E-state index in [0.29, 0.717) is 0 Å². The highest BCUT2D eigenvalue weighted by molar-refractivity contribution is 7.18. The number of ether oxygens (including phenoxy) is 1. The number of aryl methyl sites for hydroxylation is 2. The van der Waals surface area contributed by atoms with Gasteiger partial charge in [0, 0.05) is 10.4 Å². The highest BCUT2D eigenvalue weighted by atomic mass is 32.1. The molecule has 7 heteroatoms. The van der Waals surface area contributed by atoms with Crippen LogP contribution < -0.4 is 10.2 Å². The summed E-state index contributed by atoms with van der Waals surface area (Å²) in [4.78, 5) is 12.6. The summed E-state index contributed by atoms with van der Waals surface area (Å²) >= 11 is 1.70. The smallest absolute Gasteiger partial charge is 0.138 e. The maximum Gasteiger partial charge on any atom is 0.138 e. The first-order chi connectivity index (χ1) is 13.1. The lowest BCUT2D eigenvalue weighted by atomic mass is 10.0. The van der Waals surface area contributed by atoms with Crippen LogP contribution in [0.2, 0.25) is 0 Å². The number of halogens is 1. The van der Waals surface area contributed by atoms with Gasteiger partial charge < -0.3 is 15.0 Å². The molecule has 0 aliphatic carbocycles. The zero-order chi connectivity index (χ0) is 18.8. The van der Waals surface area contributed by atoms with Crippen molar-refractivity contribution in [2.45, 2.75) is 19.9 Å². The Balaban J connectivity index is 1.61. The molecule has 5 nitrogen and oxygen atoms in total. The predicted molar refractivity (Wildman–Crippen MR) is 106 cm³/mol. The first-order valence-corrected chi connectivity index (χ1v) is 10.1. The van der Waals surface area contributed by atoms with E-state index >= 15 is 0 Å². The van der Waals surface area contributed by atoms with Crippen molar-refractivity contribution in [1.82, 2.24) is 9.97 Å². The van der Waals surface area contributed by atoms with Crippen LogP contribution in [0.4, 0.5) is 10.2 Å². The fourth-order valence-electron chi connectivity index (χ4n) is 3.69. The van der Waals surface area contributed by atoms with Crippen molar-refractivity contribution in [3.63, 3.8) is 0 Å². The molecule has 1 aliphatic heterocycles. The molecule has 1 aliphatic rings. The minimum atomic E-state index is -0.204. The van der Waals surface area contributed by atoms with Crippen LogP contribution in [0.3, 0.4) is 0 Å². The molecule has 0 bridgehead atoms. The fraction of sp³-hybridized carbons (Fsp3) is 0.400. The molecule has 2 aromatic heterocycles. The quantitative estimate of drug-likeness (QED) is 0.706. The number of benzene rings is 1. The molecule has 3 aromatic rings. The summed E-state index contributed by atoms with van der Waals surface area (Å²) in [5.74, 6) is 0.672. The largest absolute Gasteiger partial charge is 0.370 e. The normalized spacial score (nSPS) is 16.6. The highest BCUT2D eigenvalue weighted by Gasteiger charge is 2.27. The topological polar surface area (TPSA) is 51.5 Å². The van der Waals surface area contributed by atoms with Crippen LogP contribution >= 0.6 is 11.3 Å². The average molecular weight is 388 g/mol. The zero-order valence-electron chi connectivity index (χ0n) is 15.6. The Labute approximate surface area is 162 Å². The van der Waals surface area contributed by atoms with Crippen molar-refractivity contribution in [3.05, 3.63) is 52.4 Å². The van der Waals surface area contributed by atoms with Gasteiger partial charge in [0.25, 0.3) is 0 Å². The third-order valence-electron chi connectivity index (χ3n) is 5.34. The van der Waals surface area contributed by atoms with Gasteiger partial charge in [-0.2, -0.15) is 0 Å². The highest BCUT2D eigenvalue weighted by Crippen LogP contribution is 2.32. The fourth-order valence-corrected chi connectivity index (χ4v) is 4.69. The van der Waals surface area contributed by atoms with Crippen LogP contribution in [0.15, 0.2) is 30.6 Å². The Morgan fingerprint density at radius 2 is 1.93 bits per heavy atom. The molecule has 142 valence electrons. The summed E-state index contributed by atoms with van der Waals surface area (Å²) < 4.78 is 18.9. The second-order valence-corrected chi connectivity index (χ2v) is 8.14. The van der Waals surface area contributed by atoms with Crippen molar-refractivity contribution in [1.29, 1.82) is 0 Å². The second-order valence-electron chi connectivity index (χ2n) is 6.94. The number of morpholine rings is 1. The van der Waals surface area contributed by atoms with Crippen molar-refractivity contribution in [3.8, 4) is 0 Å². The number of aromatic nitrogens is 2. The molecule has 1 fully saturated rings. The van der Waals surface area contributed by atoms with E-state index in [1.807, 2.05) is 12.1 Å². The van der Waals surface area contributed by atoms with Crippen molar-refractivity contribution in [2.24, 2.45) is 0 Å². The summed E-state index contributed by atoms with van der Waals surface area (Å²) in [6.07, 6.45) is 1.62. The lowest BCUT2D eigenvalue weighted by molar-refractivity contribution is -0.937. The monoisotopic (exact) mass is 387 g/mol. The van der Waals surface area contributed by atoms with Gasteiger partial charge in [0.05, 0.1) is 25.1 Å². The lowest BCUT2D eigenvalue weighted by Gasteiger charge is -2.32. The number of nitrogens with zero attached hydrogens (tertiary/aromatic N) is 2. The van der Waals surface area contributed by atoms with E-state index in [2.05, 4.69) is 29.1 Å². The summed E-state index contributed by atoms with van der Waals surface area (Å²) in [6, 6.07) is 7.06. The van der Waals surface area contributed by atoms with Gasteiger partial charge in [0.2, 0.25) is 0 Å². The number of anilines is 1. The molecule has 3 heterocycles. The molecular formula is C20H24FN4OS+. The molecular weight excluding hydrogens is 363 g/mol. The van der Waals surface area contributed by atoms with Crippen LogP contribution in [0.1, 0.15) is 22.0 Å². The molecule has 0 spiro atoms. The standard InChI is InChI=1S/C20H23FN4OS/c1-13-14(2)27-20-18(13)19(23-12-24-20)22-11-17(25-7-9-26-10-8-25)15-3-5-16(21)6-4-15/h3-6,12,17H,7-11H2,1-2H3,(H,22,23,24)/p+1/t17-/m1/s1. The Hall–Kier alpha value is -2.09. The minimum absolute atomic E-state index is 0.204. The number of quaternary nitrogens is 1. The molecule has 4 rings (SSSR count). The zero-order valence-corrected chi connectivity index (χ0v) is 16.4. The molecule has 0 radical (unpaired) electrons. The third kappa shape index (κ3) is 3.81. The molecule has 1 aromatic carbocycles. The molecule has 0 unspecified atom stereocenters. The Bertz CT molecular complexity index is 922. The Kier molecular flexibility index (Phi) is 5.33. The number of thiophene rings is 1. The van der Waals surface area contributed by atoms with Crippen LogP contribution in [-0.4, -0.2) is 42.8 Å². The van der Waals surface area contributed by atoms with Gasteiger partial charge >= 0.3 is 0 Å². The van der Waals surface area contributed by atoms with Crippen molar-refractivity contribution >= 4 is 27.4 Å². The lowest BCUT2D eigenvalue weighted by Crippen LogP contribution is -3.14. The second kappa shape index (κ2) is 7.88. The molecule has 1 atom stereocenters. The molecule has 1 saturated heterocycles. The SMILES string of the molecule is Cc1sc2ncnc(NC[C@H](c3ccc(F)cc3)[NH+]3CCOCC3)c2c1C. The summed E-state index contributed by atoms with van der Waals surface area (Å²) in [7, 11) is 0. The average Bonchev–Trinajstić information content (AvgIpc) is 2.99. The number of hydrogen-bond acceptors (Lipinski definition) is 5. The molecule has 27 heavy (non-hydrogen) atoms. The maximum atomic E-state index is 13.4. The summed E-state index contributed by atoms with van der Waals surface area (Å²) in [5, 5.41) is 4.66. The van der Waals surface area contributed by atoms with E-state index in [4.69, 9.17) is 4.74 Å². The number of nitrogens with one attached hydrogen (secondary N) is 2. The van der Waals surface area contributed by atoms with Crippen molar-refractivity contribution in [2.75, 3.05) is 38.2 Å². The van der Waals surface area contributed by atoms with Crippen LogP contribution in [-0.2, 0) is 4.74 Å². The van der Waals surface area contributed by atoms with Gasteiger partial charge in [-0.1, -0.05) is 12.1 Å². The number of fused-ring (bicyclic) bond motifs is 1. The van der Waals surface area contributed by atoms with Crippen LogP contribution in [0, 0.1) is 19.7 Å². The van der Waals surface area contributed by atoms with E-state index in [9.17, 15) is 4.39 Å². The van der Waals surface area contributed by atoms with Gasteiger partial charge in [0.1, 0.15) is 41.9 Å². The number of rotatable bonds is 5. The van der Waals surface area contributed by atoms with E-state index in [0.717, 1.165) is 54.4 Å². The molecule has 2 N–H and O–H groups in total. The molecule has 0 amide bonds. The van der Waals surface area contributed by atoms with Gasteiger partial charge in [-0.3, -0.25) is 0 Å². The molecule has 0 saturated carbocycles. The first kappa shape index (κ1) is 18.3. The number of hydrogen-bond donors (Lipinski definition) is 2. The summed E-state index contributed by atoms with van der Waals surface area (Å²) in [6.45, 7) is 8.36. The summed E-state index contributed by atoms with van der Waals surface area (Å²) in [5.41, 5.74) is 2.36. The van der Waals surface area contributed by atoms with Gasteiger partial charge in [-0.15, -0.1) is 11.3 Å². The predicted octanol–water partition coefficient (Wildman–Crippen LogP) is 2.52. The Morgan fingerprint density at radius 3 is 2.67 bits per heavy atom. The van der Waals surface area contributed by atoms with Crippen LogP contribution in [0.5, 0.6) is 0 Å². The van der Waals surface area contributed by atoms with E-state index in [1.165, 1.54) is 27.5 Å². The van der Waals surface area contributed by atoms with Crippen LogP contribution in [0.25, 0.3) is 10.2 Å². The van der Waals surface area contributed by atoms with Gasteiger partial charge in [-0.25, -0.2) is 14.4 Å².